The Morgan fingerprint density at radius 2 is 2.20 bits per heavy atom. The Balaban J connectivity index is 0.000000810. The van der Waals surface area contributed by atoms with E-state index in [0.717, 1.165) is 12.3 Å². The monoisotopic (exact) mass is 182 g/mol. The zero-order valence-electron chi connectivity index (χ0n) is 4.84. The lowest BCUT2D eigenvalue weighted by Gasteiger charge is -1.93. The molecule has 1 aromatic rings. The van der Waals surface area contributed by atoms with Crippen molar-refractivity contribution in [1.29, 1.82) is 0 Å². The lowest BCUT2D eigenvalue weighted by atomic mass is 10.4. The van der Waals surface area contributed by atoms with Crippen LogP contribution in [-0.2, 0) is 0 Å². The van der Waals surface area contributed by atoms with Gasteiger partial charge in [-0.3, -0.25) is 0 Å². The first-order valence-electron chi connectivity index (χ1n) is 2.26. The number of nitrogens with zero attached hydrogens (tertiary/aromatic N) is 1. The molecular weight excluding hydrogens is 178 g/mol. The van der Waals surface area contributed by atoms with Crippen molar-refractivity contribution in [2.75, 3.05) is 5.73 Å². The molecule has 0 fully saturated rings. The van der Waals surface area contributed by atoms with Crippen molar-refractivity contribution in [2.45, 2.75) is 0 Å². The molecule has 1 rings (SSSR count). The summed E-state index contributed by atoms with van der Waals surface area (Å²) in [6, 6.07) is 1.12. The molecule has 0 radical (unpaired) electrons. The van der Waals surface area contributed by atoms with E-state index in [1.54, 1.807) is 0 Å². The molecule has 0 spiro atoms. The molecule has 10 heavy (non-hydrogen) atoms. The Kier molecular flexibility index (Phi) is 3.39. The number of anilines is 1. The van der Waals surface area contributed by atoms with E-state index in [-0.39, 0.29) is 23.2 Å². The van der Waals surface area contributed by atoms with E-state index in [2.05, 4.69) is 4.98 Å². The Bertz CT molecular complexity index is 229. The summed E-state index contributed by atoms with van der Waals surface area (Å²) >= 11 is 5.38. The van der Waals surface area contributed by atoms with Crippen molar-refractivity contribution >= 4 is 29.7 Å². The van der Waals surface area contributed by atoms with Crippen molar-refractivity contribution in [2.24, 2.45) is 0 Å². The van der Waals surface area contributed by atoms with E-state index in [9.17, 15) is 4.39 Å². The Labute approximate surface area is 68.6 Å². The first-order chi connectivity index (χ1) is 4.20. The van der Waals surface area contributed by atoms with Crippen LogP contribution in [0.4, 0.5) is 10.1 Å². The third kappa shape index (κ3) is 2.01. The van der Waals surface area contributed by atoms with Crippen LogP contribution in [-0.4, -0.2) is 4.98 Å². The van der Waals surface area contributed by atoms with E-state index in [1.165, 1.54) is 0 Å². The maximum atomic E-state index is 12.1. The van der Waals surface area contributed by atoms with Gasteiger partial charge in [-0.15, -0.1) is 12.4 Å². The van der Waals surface area contributed by atoms with E-state index in [4.69, 9.17) is 17.3 Å². The van der Waals surface area contributed by atoms with Crippen LogP contribution in [0.1, 0.15) is 0 Å². The number of nitrogen functional groups attached to an aromatic ring is 1. The number of aromatic nitrogens is 1. The van der Waals surface area contributed by atoms with Crippen LogP contribution in [0.15, 0.2) is 12.3 Å². The standard InChI is InChI=1S/C5H4ClFN2.ClH/c6-5-4(8)1-3(7)2-9-5;/h1-2H,8H2;1H. The molecule has 0 amide bonds. The number of pyridine rings is 1. The van der Waals surface area contributed by atoms with Gasteiger partial charge in [-0.2, -0.15) is 0 Å². The molecule has 2 N–H and O–H groups in total. The molecule has 0 unspecified atom stereocenters. The van der Waals surface area contributed by atoms with Gasteiger partial charge < -0.3 is 5.73 Å². The minimum absolute atomic E-state index is 0. The summed E-state index contributed by atoms with van der Waals surface area (Å²) < 4.78 is 12.1. The molecule has 0 aliphatic heterocycles. The molecule has 2 nitrogen and oxygen atoms in total. The zero-order valence-corrected chi connectivity index (χ0v) is 6.42. The number of hydrogen-bond donors (Lipinski definition) is 1. The van der Waals surface area contributed by atoms with Crippen LogP contribution in [0.2, 0.25) is 5.15 Å². The van der Waals surface area contributed by atoms with Crippen molar-refractivity contribution < 1.29 is 4.39 Å². The average molecular weight is 183 g/mol. The van der Waals surface area contributed by atoms with Gasteiger partial charge >= 0.3 is 0 Å². The van der Waals surface area contributed by atoms with Crippen LogP contribution in [0.3, 0.4) is 0 Å². The van der Waals surface area contributed by atoms with Gasteiger partial charge in [0.05, 0.1) is 11.9 Å². The van der Waals surface area contributed by atoms with Crippen LogP contribution in [0.25, 0.3) is 0 Å². The predicted molar refractivity (Wildman–Crippen MR) is 40.9 cm³/mol. The third-order valence-corrected chi connectivity index (χ3v) is 1.15. The molecule has 0 saturated carbocycles. The highest BCUT2D eigenvalue weighted by atomic mass is 35.5. The quantitative estimate of drug-likeness (QED) is 0.623. The normalized spacial score (nSPS) is 8.60. The minimum Gasteiger partial charge on any atom is -0.396 e. The van der Waals surface area contributed by atoms with Crippen molar-refractivity contribution in [1.82, 2.24) is 4.98 Å². The van der Waals surface area contributed by atoms with Gasteiger partial charge in [0.1, 0.15) is 5.82 Å². The van der Waals surface area contributed by atoms with Gasteiger partial charge in [0.25, 0.3) is 0 Å². The summed E-state index contributed by atoms with van der Waals surface area (Å²) in [7, 11) is 0. The van der Waals surface area contributed by atoms with Crippen LogP contribution in [0.5, 0.6) is 0 Å². The largest absolute Gasteiger partial charge is 0.396 e. The number of hydrogen-bond acceptors (Lipinski definition) is 2. The first-order valence-corrected chi connectivity index (χ1v) is 2.64. The molecule has 5 heteroatoms. The molecule has 56 valence electrons. The van der Waals surface area contributed by atoms with Crippen molar-refractivity contribution in [3.63, 3.8) is 0 Å². The van der Waals surface area contributed by atoms with E-state index >= 15 is 0 Å². The fraction of sp³-hybridized carbons (Fsp3) is 0. The molecule has 1 heterocycles. The van der Waals surface area contributed by atoms with Crippen LogP contribution >= 0.6 is 24.0 Å². The average Bonchev–Trinajstić information content (AvgIpc) is 1.80. The zero-order chi connectivity index (χ0) is 6.85. The number of nitrogens with two attached hydrogens (primary N) is 1. The lowest BCUT2D eigenvalue weighted by Crippen LogP contribution is -1.89. The molecule has 0 aliphatic carbocycles. The van der Waals surface area contributed by atoms with Gasteiger partial charge in [0.2, 0.25) is 0 Å². The molecule has 0 aliphatic rings. The molecule has 0 aromatic carbocycles. The highest BCUT2D eigenvalue weighted by Gasteiger charge is 1.96. The SMILES string of the molecule is Cl.Nc1cc(F)cnc1Cl. The Hall–Kier alpha value is -0.540. The van der Waals surface area contributed by atoms with E-state index < -0.39 is 5.82 Å². The summed E-state index contributed by atoms with van der Waals surface area (Å²) in [5, 5.41) is 0.136. The van der Waals surface area contributed by atoms with E-state index in [1.807, 2.05) is 0 Å². The van der Waals surface area contributed by atoms with Crippen LogP contribution in [0, 0.1) is 5.82 Å². The third-order valence-electron chi connectivity index (χ3n) is 0.833. The molecule has 0 bridgehead atoms. The van der Waals surface area contributed by atoms with E-state index in [0.29, 0.717) is 0 Å². The maximum Gasteiger partial charge on any atom is 0.152 e. The minimum atomic E-state index is -0.475. The second-order valence-corrected chi connectivity index (χ2v) is 1.89. The summed E-state index contributed by atoms with van der Waals surface area (Å²) in [6.07, 6.45) is 1.01. The first kappa shape index (κ1) is 9.46. The summed E-state index contributed by atoms with van der Waals surface area (Å²) in [4.78, 5) is 3.44. The van der Waals surface area contributed by atoms with Gasteiger partial charge in [0, 0.05) is 6.07 Å². The Morgan fingerprint density at radius 3 is 2.60 bits per heavy atom. The number of halogens is 3. The fourth-order valence-corrected chi connectivity index (χ4v) is 0.542. The van der Waals surface area contributed by atoms with Gasteiger partial charge in [-0.25, -0.2) is 9.37 Å². The fourth-order valence-electron chi connectivity index (χ4n) is 0.438. The smallest absolute Gasteiger partial charge is 0.152 e. The summed E-state index contributed by atoms with van der Waals surface area (Å²) in [5.74, 6) is -0.475. The second-order valence-electron chi connectivity index (χ2n) is 1.53. The highest BCUT2D eigenvalue weighted by molar-refractivity contribution is 6.31. The van der Waals surface area contributed by atoms with Gasteiger partial charge in [-0.05, 0) is 0 Å². The Morgan fingerprint density at radius 1 is 1.60 bits per heavy atom. The second kappa shape index (κ2) is 3.58. The van der Waals surface area contributed by atoms with Crippen molar-refractivity contribution in [3.8, 4) is 0 Å². The van der Waals surface area contributed by atoms with Gasteiger partial charge in [-0.1, -0.05) is 11.6 Å². The molecule has 1 aromatic heterocycles. The molecular formula is C5H5Cl2FN2. The lowest BCUT2D eigenvalue weighted by molar-refractivity contribution is 0.622. The summed E-state index contributed by atoms with van der Waals surface area (Å²) in [6.45, 7) is 0. The molecule has 0 saturated heterocycles. The van der Waals surface area contributed by atoms with Crippen molar-refractivity contribution in [3.05, 3.63) is 23.2 Å². The topological polar surface area (TPSA) is 38.9 Å². The number of rotatable bonds is 0. The van der Waals surface area contributed by atoms with Crippen LogP contribution < -0.4 is 5.73 Å². The highest BCUT2D eigenvalue weighted by Crippen LogP contribution is 2.14. The maximum absolute atomic E-state index is 12.1. The van der Waals surface area contributed by atoms with Gasteiger partial charge in [0.15, 0.2) is 5.15 Å². The molecule has 0 atom stereocenters. The predicted octanol–water partition coefficient (Wildman–Crippen LogP) is 1.88. The summed E-state index contributed by atoms with van der Waals surface area (Å²) in [5.41, 5.74) is 5.35.